The molecule has 0 radical (unpaired) electrons. The molecule has 0 saturated carbocycles. The zero-order chi connectivity index (χ0) is 20.0. The third kappa shape index (κ3) is 6.36. The molecule has 0 bridgehead atoms. The van der Waals surface area contributed by atoms with Crippen LogP contribution < -0.4 is 9.62 Å². The number of halogens is 1. The molecule has 0 aliphatic rings. The summed E-state index contributed by atoms with van der Waals surface area (Å²) in [5.74, 6) is -0.495. The van der Waals surface area contributed by atoms with Gasteiger partial charge in [-0.15, -0.1) is 0 Å². The summed E-state index contributed by atoms with van der Waals surface area (Å²) < 4.78 is 38.5. The minimum absolute atomic E-state index is 0.173. The van der Waals surface area contributed by atoms with E-state index < -0.39 is 10.0 Å². The van der Waals surface area contributed by atoms with Crippen LogP contribution in [0.3, 0.4) is 0 Å². The Kier molecular flexibility index (Phi) is 6.96. The Morgan fingerprint density at radius 2 is 1.74 bits per heavy atom. The van der Waals surface area contributed by atoms with Crippen molar-refractivity contribution in [1.29, 1.82) is 0 Å². The molecule has 0 aromatic heterocycles. The molecule has 2 rings (SSSR count). The molecule has 0 heterocycles. The highest BCUT2D eigenvalue weighted by molar-refractivity contribution is 7.92. The van der Waals surface area contributed by atoms with E-state index in [1.165, 1.54) is 16.4 Å². The second-order valence-corrected chi connectivity index (χ2v) is 8.52. The van der Waals surface area contributed by atoms with Gasteiger partial charge in [-0.05, 0) is 61.2 Å². The molecule has 2 aromatic rings. The number of rotatable bonds is 8. The average molecular weight is 392 g/mol. The minimum Gasteiger partial charge on any atom is -0.352 e. The van der Waals surface area contributed by atoms with E-state index in [0.29, 0.717) is 18.7 Å². The van der Waals surface area contributed by atoms with Crippen molar-refractivity contribution in [2.45, 2.75) is 33.2 Å². The monoisotopic (exact) mass is 392 g/mol. The first kappa shape index (κ1) is 20.9. The van der Waals surface area contributed by atoms with Gasteiger partial charge in [0.1, 0.15) is 5.82 Å². The fourth-order valence-electron chi connectivity index (χ4n) is 2.64. The Morgan fingerprint density at radius 3 is 2.33 bits per heavy atom. The van der Waals surface area contributed by atoms with Crippen molar-refractivity contribution in [3.05, 3.63) is 65.0 Å². The van der Waals surface area contributed by atoms with Crippen LogP contribution >= 0.6 is 0 Å². The second kappa shape index (κ2) is 8.99. The largest absolute Gasteiger partial charge is 0.352 e. The number of aryl methyl sites for hydroxylation is 2. The van der Waals surface area contributed by atoms with Crippen molar-refractivity contribution in [2.75, 3.05) is 17.1 Å². The lowest BCUT2D eigenvalue weighted by Crippen LogP contribution is -2.32. The Hall–Kier alpha value is -2.41. The number of sulfonamides is 1. The lowest BCUT2D eigenvalue weighted by Gasteiger charge is -2.23. The lowest BCUT2D eigenvalue weighted by molar-refractivity contribution is -0.121. The zero-order valence-electron chi connectivity index (χ0n) is 15.8. The van der Waals surface area contributed by atoms with Crippen molar-refractivity contribution in [3.63, 3.8) is 0 Å². The summed E-state index contributed by atoms with van der Waals surface area (Å²) in [7, 11) is -3.44. The van der Waals surface area contributed by atoms with E-state index >= 15 is 0 Å². The molecular formula is C20H25FN2O3S. The molecule has 5 nitrogen and oxygen atoms in total. The van der Waals surface area contributed by atoms with E-state index in [9.17, 15) is 17.6 Å². The van der Waals surface area contributed by atoms with Gasteiger partial charge in [0.25, 0.3) is 0 Å². The van der Waals surface area contributed by atoms with Gasteiger partial charge in [-0.2, -0.15) is 0 Å². The van der Waals surface area contributed by atoms with E-state index in [-0.39, 0.29) is 24.7 Å². The number of carbonyl (C=O) groups excluding carboxylic acids is 1. The normalized spacial score (nSPS) is 11.3. The number of benzene rings is 2. The molecule has 7 heteroatoms. The van der Waals surface area contributed by atoms with Gasteiger partial charge in [0.15, 0.2) is 0 Å². The standard InChI is InChI=1S/C20H25FN2O3S/c1-15-6-11-19(13-16(15)2)23(27(3,25)26)12-4-5-20(24)22-14-17-7-9-18(21)10-8-17/h6-11,13H,4-5,12,14H2,1-3H3,(H,22,24). The Bertz CT molecular complexity index is 896. The molecule has 1 N–H and O–H groups in total. The van der Waals surface area contributed by atoms with Gasteiger partial charge in [0.05, 0.1) is 11.9 Å². The third-order valence-corrected chi connectivity index (χ3v) is 5.54. The summed E-state index contributed by atoms with van der Waals surface area (Å²) in [5.41, 5.74) is 3.51. The molecule has 0 unspecified atom stereocenters. The first-order chi connectivity index (χ1) is 12.7. The predicted molar refractivity (Wildman–Crippen MR) is 106 cm³/mol. The van der Waals surface area contributed by atoms with Gasteiger partial charge in [0.2, 0.25) is 15.9 Å². The van der Waals surface area contributed by atoms with E-state index in [2.05, 4.69) is 5.32 Å². The molecule has 2 aromatic carbocycles. The lowest BCUT2D eigenvalue weighted by atomic mass is 10.1. The van der Waals surface area contributed by atoms with Gasteiger partial charge in [-0.25, -0.2) is 12.8 Å². The quantitative estimate of drug-likeness (QED) is 0.750. The molecule has 0 spiro atoms. The van der Waals surface area contributed by atoms with Crippen LogP contribution in [0.1, 0.15) is 29.5 Å². The Balaban J connectivity index is 1.90. The topological polar surface area (TPSA) is 66.5 Å². The average Bonchev–Trinajstić information content (AvgIpc) is 2.60. The van der Waals surface area contributed by atoms with Crippen LogP contribution in [-0.2, 0) is 21.4 Å². The summed E-state index contributed by atoms with van der Waals surface area (Å²) in [6.45, 7) is 4.44. The van der Waals surface area contributed by atoms with Crippen LogP contribution in [0.4, 0.5) is 10.1 Å². The summed E-state index contributed by atoms with van der Waals surface area (Å²) in [6.07, 6.45) is 1.77. The summed E-state index contributed by atoms with van der Waals surface area (Å²) in [4.78, 5) is 12.0. The molecule has 1 amide bonds. The maximum absolute atomic E-state index is 12.9. The van der Waals surface area contributed by atoms with Crippen molar-refractivity contribution in [3.8, 4) is 0 Å². The third-order valence-electron chi connectivity index (χ3n) is 4.35. The Morgan fingerprint density at radius 1 is 1.07 bits per heavy atom. The van der Waals surface area contributed by atoms with Gasteiger partial charge in [-0.1, -0.05) is 18.2 Å². The fourth-order valence-corrected chi connectivity index (χ4v) is 3.60. The molecule has 0 aliphatic carbocycles. The molecule has 146 valence electrons. The van der Waals surface area contributed by atoms with Crippen LogP contribution in [0.2, 0.25) is 0 Å². The van der Waals surface area contributed by atoms with Crippen molar-refractivity contribution >= 4 is 21.6 Å². The van der Waals surface area contributed by atoms with Crippen LogP contribution in [0.5, 0.6) is 0 Å². The molecule has 0 atom stereocenters. The Labute approximate surface area is 160 Å². The summed E-state index contributed by atoms with van der Waals surface area (Å²) in [5, 5.41) is 2.76. The molecular weight excluding hydrogens is 367 g/mol. The summed E-state index contributed by atoms with van der Waals surface area (Å²) in [6, 6.07) is 11.4. The summed E-state index contributed by atoms with van der Waals surface area (Å²) >= 11 is 0. The number of anilines is 1. The fraction of sp³-hybridized carbons (Fsp3) is 0.350. The molecule has 27 heavy (non-hydrogen) atoms. The maximum Gasteiger partial charge on any atom is 0.232 e. The van der Waals surface area contributed by atoms with Gasteiger partial charge in [0, 0.05) is 19.5 Å². The number of carbonyl (C=O) groups is 1. The maximum atomic E-state index is 12.9. The van der Waals surface area contributed by atoms with Gasteiger partial charge >= 0.3 is 0 Å². The number of nitrogens with one attached hydrogen (secondary N) is 1. The highest BCUT2D eigenvalue weighted by Gasteiger charge is 2.18. The van der Waals surface area contributed by atoms with Crippen LogP contribution in [-0.4, -0.2) is 27.1 Å². The van der Waals surface area contributed by atoms with E-state index in [4.69, 9.17) is 0 Å². The highest BCUT2D eigenvalue weighted by atomic mass is 32.2. The first-order valence-electron chi connectivity index (χ1n) is 8.73. The minimum atomic E-state index is -3.44. The number of hydrogen-bond donors (Lipinski definition) is 1. The van der Waals surface area contributed by atoms with Crippen LogP contribution in [0.25, 0.3) is 0 Å². The van der Waals surface area contributed by atoms with E-state index in [0.717, 1.165) is 22.9 Å². The van der Waals surface area contributed by atoms with E-state index in [1.54, 1.807) is 18.2 Å². The van der Waals surface area contributed by atoms with Crippen molar-refractivity contribution in [1.82, 2.24) is 5.32 Å². The SMILES string of the molecule is Cc1ccc(N(CCCC(=O)NCc2ccc(F)cc2)S(C)(=O)=O)cc1C. The molecule has 0 aliphatic heterocycles. The highest BCUT2D eigenvalue weighted by Crippen LogP contribution is 2.21. The van der Waals surface area contributed by atoms with Crippen LogP contribution in [0, 0.1) is 19.7 Å². The first-order valence-corrected chi connectivity index (χ1v) is 10.6. The number of amides is 1. The van der Waals surface area contributed by atoms with Crippen molar-refractivity contribution < 1.29 is 17.6 Å². The number of nitrogens with zero attached hydrogens (tertiary/aromatic N) is 1. The van der Waals surface area contributed by atoms with Gasteiger partial charge in [-0.3, -0.25) is 9.10 Å². The zero-order valence-corrected chi connectivity index (χ0v) is 16.6. The second-order valence-electron chi connectivity index (χ2n) is 6.61. The van der Waals surface area contributed by atoms with E-state index in [1.807, 2.05) is 26.0 Å². The predicted octanol–water partition coefficient (Wildman–Crippen LogP) is 3.31. The number of hydrogen-bond acceptors (Lipinski definition) is 3. The molecule has 0 fully saturated rings. The van der Waals surface area contributed by atoms with Gasteiger partial charge < -0.3 is 5.32 Å². The van der Waals surface area contributed by atoms with Crippen molar-refractivity contribution in [2.24, 2.45) is 0 Å². The van der Waals surface area contributed by atoms with Crippen LogP contribution in [0.15, 0.2) is 42.5 Å². The smallest absolute Gasteiger partial charge is 0.232 e. The molecule has 0 saturated heterocycles.